The van der Waals surface area contributed by atoms with Crippen molar-refractivity contribution in [3.63, 3.8) is 0 Å². The van der Waals surface area contributed by atoms with E-state index in [1.165, 1.54) is 24.5 Å². The number of carbonyl (C=O) groups excluding carboxylic acids is 1. The monoisotopic (exact) mass is 487 g/mol. The van der Waals surface area contributed by atoms with Gasteiger partial charge < -0.3 is 9.80 Å². The van der Waals surface area contributed by atoms with Crippen LogP contribution in [0.15, 0.2) is 47.4 Å². The minimum Gasteiger partial charge on any atom is -0.363 e. The van der Waals surface area contributed by atoms with Crippen LogP contribution in [-0.2, 0) is 21.2 Å². The maximum absolute atomic E-state index is 13.2. The maximum atomic E-state index is 13.2. The number of nitro benzene ring substituents is 1. The molecule has 0 radical (unpaired) electrons. The SMILES string of the molecule is CN(C)S(=O)(=O)c1ccc2c(c1)CCCN2C(=O)CN1CCN(c2ccccc2[N+](=O)[O-])CC1. The highest BCUT2D eigenvalue weighted by atomic mass is 32.2. The van der Waals surface area contributed by atoms with Crippen molar-refractivity contribution in [3.05, 3.63) is 58.1 Å². The average Bonchev–Trinajstić information content (AvgIpc) is 2.83. The van der Waals surface area contributed by atoms with E-state index in [1.54, 1.807) is 41.3 Å². The number of para-hydroxylation sites is 2. The van der Waals surface area contributed by atoms with E-state index in [0.29, 0.717) is 38.4 Å². The van der Waals surface area contributed by atoms with Gasteiger partial charge in [0.2, 0.25) is 15.9 Å². The second-order valence-corrected chi connectivity index (χ2v) is 10.9. The number of carbonyl (C=O) groups is 1. The zero-order chi connectivity index (χ0) is 24.5. The number of nitro groups is 1. The van der Waals surface area contributed by atoms with E-state index in [2.05, 4.69) is 4.90 Å². The number of rotatable bonds is 6. The fraction of sp³-hybridized carbons (Fsp3) is 0.435. The Hall–Kier alpha value is -3.02. The molecule has 0 bridgehead atoms. The largest absolute Gasteiger partial charge is 0.363 e. The summed E-state index contributed by atoms with van der Waals surface area (Å²) in [4.78, 5) is 30.2. The number of amides is 1. The van der Waals surface area contributed by atoms with Gasteiger partial charge >= 0.3 is 0 Å². The molecule has 0 N–H and O–H groups in total. The quantitative estimate of drug-likeness (QED) is 0.453. The average molecular weight is 488 g/mol. The summed E-state index contributed by atoms with van der Waals surface area (Å²) in [5.41, 5.74) is 2.33. The van der Waals surface area contributed by atoms with Gasteiger partial charge in [-0.2, -0.15) is 0 Å². The normalized spacial score (nSPS) is 17.0. The summed E-state index contributed by atoms with van der Waals surface area (Å²) < 4.78 is 26.1. The van der Waals surface area contributed by atoms with Crippen molar-refractivity contribution in [3.8, 4) is 0 Å². The van der Waals surface area contributed by atoms with Crippen LogP contribution in [0.3, 0.4) is 0 Å². The summed E-state index contributed by atoms with van der Waals surface area (Å²) in [7, 11) is -0.532. The number of hydrogen-bond donors (Lipinski definition) is 0. The summed E-state index contributed by atoms with van der Waals surface area (Å²) in [5.74, 6) is -0.0247. The third-order valence-corrected chi connectivity index (χ3v) is 8.21. The van der Waals surface area contributed by atoms with Crippen LogP contribution < -0.4 is 9.80 Å². The van der Waals surface area contributed by atoms with Crippen LogP contribution in [0.1, 0.15) is 12.0 Å². The molecule has 1 amide bonds. The molecule has 0 aliphatic carbocycles. The lowest BCUT2D eigenvalue weighted by Crippen LogP contribution is -2.51. The summed E-state index contributed by atoms with van der Waals surface area (Å²) in [6.07, 6.45) is 1.50. The van der Waals surface area contributed by atoms with Gasteiger partial charge in [-0.25, -0.2) is 12.7 Å². The summed E-state index contributed by atoms with van der Waals surface area (Å²) in [6, 6.07) is 11.7. The summed E-state index contributed by atoms with van der Waals surface area (Å²) >= 11 is 0. The van der Waals surface area contributed by atoms with Gasteiger partial charge in [-0.05, 0) is 42.7 Å². The molecule has 34 heavy (non-hydrogen) atoms. The molecule has 0 atom stereocenters. The van der Waals surface area contributed by atoms with E-state index < -0.39 is 10.0 Å². The van der Waals surface area contributed by atoms with Gasteiger partial charge in [0.25, 0.3) is 5.69 Å². The smallest absolute Gasteiger partial charge is 0.292 e. The third kappa shape index (κ3) is 4.77. The van der Waals surface area contributed by atoms with E-state index in [-0.39, 0.29) is 28.0 Å². The molecule has 2 aromatic carbocycles. The van der Waals surface area contributed by atoms with Gasteiger partial charge in [0.1, 0.15) is 5.69 Å². The predicted molar refractivity (Wildman–Crippen MR) is 130 cm³/mol. The number of piperazine rings is 1. The first kappa shape index (κ1) is 24.1. The Labute approximate surface area is 199 Å². The van der Waals surface area contributed by atoms with Crippen molar-refractivity contribution in [2.75, 3.05) is 63.2 Å². The minimum atomic E-state index is -3.53. The molecule has 10 nitrogen and oxygen atoms in total. The Morgan fingerprint density at radius 2 is 1.74 bits per heavy atom. The highest BCUT2D eigenvalue weighted by molar-refractivity contribution is 7.89. The zero-order valence-corrected chi connectivity index (χ0v) is 20.2. The minimum absolute atomic E-state index is 0.0247. The van der Waals surface area contributed by atoms with Crippen LogP contribution in [0.25, 0.3) is 0 Å². The summed E-state index contributed by atoms with van der Waals surface area (Å²) in [5, 5.41) is 11.3. The van der Waals surface area contributed by atoms with Crippen LogP contribution in [0.5, 0.6) is 0 Å². The molecule has 4 rings (SSSR count). The van der Waals surface area contributed by atoms with Crippen LogP contribution >= 0.6 is 0 Å². The molecule has 182 valence electrons. The fourth-order valence-electron chi connectivity index (χ4n) is 4.51. The Balaban J connectivity index is 1.42. The Bertz CT molecular complexity index is 1190. The molecule has 1 saturated heterocycles. The van der Waals surface area contributed by atoms with Crippen molar-refractivity contribution in [2.24, 2.45) is 0 Å². The molecule has 0 aromatic heterocycles. The molecule has 0 spiro atoms. The lowest BCUT2D eigenvalue weighted by atomic mass is 10.0. The highest BCUT2D eigenvalue weighted by Gasteiger charge is 2.29. The van der Waals surface area contributed by atoms with Crippen molar-refractivity contribution in [1.82, 2.24) is 9.21 Å². The van der Waals surface area contributed by atoms with Gasteiger partial charge in [-0.3, -0.25) is 19.8 Å². The predicted octanol–water partition coefficient (Wildman–Crippen LogP) is 1.95. The Morgan fingerprint density at radius 3 is 2.41 bits per heavy atom. The molecule has 2 aliphatic rings. The summed E-state index contributed by atoms with van der Waals surface area (Å²) in [6.45, 7) is 3.29. The molecule has 2 aromatic rings. The maximum Gasteiger partial charge on any atom is 0.292 e. The first-order valence-electron chi connectivity index (χ1n) is 11.2. The van der Waals surface area contributed by atoms with Crippen LogP contribution in [0.2, 0.25) is 0 Å². The van der Waals surface area contributed by atoms with Crippen molar-refractivity contribution < 1.29 is 18.1 Å². The number of hydrogen-bond acceptors (Lipinski definition) is 7. The molecule has 1 fully saturated rings. The second kappa shape index (κ2) is 9.69. The first-order valence-corrected chi connectivity index (χ1v) is 12.7. The number of fused-ring (bicyclic) bond motifs is 1. The Morgan fingerprint density at radius 1 is 1.03 bits per heavy atom. The molecule has 11 heteroatoms. The number of nitrogens with zero attached hydrogens (tertiary/aromatic N) is 5. The lowest BCUT2D eigenvalue weighted by molar-refractivity contribution is -0.384. The Kier molecular flexibility index (Phi) is 6.87. The topological polar surface area (TPSA) is 107 Å². The molecular formula is C23H29N5O5S. The zero-order valence-electron chi connectivity index (χ0n) is 19.4. The van der Waals surface area contributed by atoms with Crippen LogP contribution in [0.4, 0.5) is 17.1 Å². The van der Waals surface area contributed by atoms with E-state index in [4.69, 9.17) is 0 Å². The molecule has 2 aliphatic heterocycles. The number of sulfonamides is 1. The molecule has 0 unspecified atom stereocenters. The first-order chi connectivity index (χ1) is 16.2. The lowest BCUT2D eigenvalue weighted by Gasteiger charge is -2.37. The molecule has 0 saturated carbocycles. The molecular weight excluding hydrogens is 458 g/mol. The van der Waals surface area contributed by atoms with Crippen molar-refractivity contribution in [1.29, 1.82) is 0 Å². The van der Waals surface area contributed by atoms with Gasteiger partial charge in [0, 0.05) is 58.6 Å². The molecule has 2 heterocycles. The van der Waals surface area contributed by atoms with Gasteiger partial charge in [0.15, 0.2) is 0 Å². The number of aryl methyl sites for hydroxylation is 1. The van der Waals surface area contributed by atoms with Gasteiger partial charge in [-0.1, -0.05) is 12.1 Å². The van der Waals surface area contributed by atoms with Crippen molar-refractivity contribution >= 4 is 33.0 Å². The highest BCUT2D eigenvalue weighted by Crippen LogP contribution is 2.31. The van der Waals surface area contributed by atoms with E-state index in [9.17, 15) is 23.3 Å². The van der Waals surface area contributed by atoms with Gasteiger partial charge in [-0.15, -0.1) is 0 Å². The van der Waals surface area contributed by atoms with E-state index >= 15 is 0 Å². The number of benzene rings is 2. The van der Waals surface area contributed by atoms with Crippen molar-refractivity contribution in [2.45, 2.75) is 17.7 Å². The van der Waals surface area contributed by atoms with Crippen LogP contribution in [-0.4, -0.2) is 81.8 Å². The number of anilines is 2. The van der Waals surface area contributed by atoms with E-state index in [1.807, 2.05) is 4.90 Å². The fourth-order valence-corrected chi connectivity index (χ4v) is 5.47. The van der Waals surface area contributed by atoms with E-state index in [0.717, 1.165) is 24.1 Å². The second-order valence-electron chi connectivity index (χ2n) is 8.74. The third-order valence-electron chi connectivity index (χ3n) is 6.40. The standard InChI is InChI=1S/C23H29N5O5S/c1-24(2)34(32,33)19-9-10-20-18(16-19)6-5-11-27(20)23(29)17-25-12-14-26(15-13-25)21-7-3-4-8-22(21)28(30)31/h3-4,7-10,16H,5-6,11-15,17H2,1-2H3. The van der Waals surface area contributed by atoms with Gasteiger partial charge in [0.05, 0.1) is 16.4 Å². The van der Waals surface area contributed by atoms with Crippen LogP contribution in [0, 0.1) is 10.1 Å².